The van der Waals surface area contributed by atoms with E-state index in [4.69, 9.17) is 11.6 Å². The van der Waals surface area contributed by atoms with Gasteiger partial charge in [-0.25, -0.2) is 0 Å². The van der Waals surface area contributed by atoms with Crippen LogP contribution in [0.2, 0.25) is 5.02 Å². The highest BCUT2D eigenvalue weighted by molar-refractivity contribution is 9.10. The molecule has 1 heterocycles. The summed E-state index contributed by atoms with van der Waals surface area (Å²) in [6.45, 7) is 3.58. The van der Waals surface area contributed by atoms with Crippen LogP contribution in [0.1, 0.15) is 20.3 Å². The zero-order valence-corrected chi connectivity index (χ0v) is 13.0. The Kier molecular flexibility index (Phi) is 4.16. The number of carbonyl (C=O) groups is 2. The first kappa shape index (κ1) is 14.3. The molecule has 0 radical (unpaired) electrons. The molecule has 0 aliphatic carbocycles. The summed E-state index contributed by atoms with van der Waals surface area (Å²) in [5.74, 6) is -0.235. The smallest absolute Gasteiger partial charge is 0.250 e. The van der Waals surface area contributed by atoms with E-state index in [1.165, 1.54) is 4.90 Å². The summed E-state index contributed by atoms with van der Waals surface area (Å²) in [5, 5.41) is 3.29. The number of benzene rings is 1. The Bertz CT molecular complexity index is 535. The van der Waals surface area contributed by atoms with Crippen LogP contribution < -0.4 is 10.2 Å². The van der Waals surface area contributed by atoms with Gasteiger partial charge in [-0.1, -0.05) is 18.5 Å². The van der Waals surface area contributed by atoms with E-state index in [0.717, 1.165) is 0 Å². The lowest BCUT2D eigenvalue weighted by Gasteiger charge is -2.37. The molecule has 1 aromatic carbocycles. The van der Waals surface area contributed by atoms with E-state index in [2.05, 4.69) is 21.2 Å². The average Bonchev–Trinajstić information content (AvgIpc) is 2.38. The molecular weight excluding hydrogens is 332 g/mol. The van der Waals surface area contributed by atoms with Gasteiger partial charge in [0.05, 0.1) is 5.02 Å². The maximum absolute atomic E-state index is 12.4. The Balaban J connectivity index is 2.41. The van der Waals surface area contributed by atoms with Crippen LogP contribution in [0.5, 0.6) is 0 Å². The van der Waals surface area contributed by atoms with Crippen molar-refractivity contribution in [2.24, 2.45) is 0 Å². The van der Waals surface area contributed by atoms with Crippen molar-refractivity contribution in [3.05, 3.63) is 27.7 Å². The van der Waals surface area contributed by atoms with Crippen LogP contribution in [0.15, 0.2) is 22.7 Å². The van der Waals surface area contributed by atoms with Gasteiger partial charge in [0.15, 0.2) is 0 Å². The van der Waals surface area contributed by atoms with Gasteiger partial charge >= 0.3 is 0 Å². The number of amides is 2. The third-order valence-corrected chi connectivity index (χ3v) is 4.42. The molecule has 2 rings (SSSR count). The van der Waals surface area contributed by atoms with E-state index in [1.807, 2.05) is 6.92 Å². The quantitative estimate of drug-likeness (QED) is 0.896. The van der Waals surface area contributed by atoms with E-state index in [9.17, 15) is 9.59 Å². The van der Waals surface area contributed by atoms with Gasteiger partial charge in [-0.05, 0) is 47.5 Å². The molecule has 19 heavy (non-hydrogen) atoms. The third-order valence-electron chi connectivity index (χ3n) is 3.21. The molecule has 0 spiro atoms. The zero-order valence-electron chi connectivity index (χ0n) is 10.6. The lowest BCUT2D eigenvalue weighted by molar-refractivity contribution is -0.133. The van der Waals surface area contributed by atoms with Crippen LogP contribution in [0.25, 0.3) is 0 Å². The summed E-state index contributed by atoms with van der Waals surface area (Å²) in [7, 11) is 0. The maximum Gasteiger partial charge on any atom is 0.250 e. The SMILES string of the molecule is CCC1NC(=O)C(C)N(c2ccc(Cl)c(Br)c2)C1=O. The number of rotatable bonds is 2. The molecule has 6 heteroatoms. The van der Waals surface area contributed by atoms with Gasteiger partial charge in [0, 0.05) is 10.2 Å². The minimum absolute atomic E-state index is 0.0937. The molecule has 2 atom stereocenters. The summed E-state index contributed by atoms with van der Waals surface area (Å²) in [6, 6.07) is 4.21. The topological polar surface area (TPSA) is 49.4 Å². The number of anilines is 1. The van der Waals surface area contributed by atoms with E-state index in [-0.39, 0.29) is 11.8 Å². The fourth-order valence-electron chi connectivity index (χ4n) is 2.09. The molecular formula is C13H14BrClN2O2. The summed E-state index contributed by atoms with van der Waals surface area (Å²) >= 11 is 9.28. The molecule has 4 nitrogen and oxygen atoms in total. The van der Waals surface area contributed by atoms with Crippen LogP contribution in [-0.4, -0.2) is 23.9 Å². The average molecular weight is 346 g/mol. The van der Waals surface area contributed by atoms with Crippen molar-refractivity contribution in [1.29, 1.82) is 0 Å². The lowest BCUT2D eigenvalue weighted by Crippen LogP contribution is -2.62. The summed E-state index contributed by atoms with van der Waals surface area (Å²) in [4.78, 5) is 25.8. The van der Waals surface area contributed by atoms with E-state index >= 15 is 0 Å². The molecule has 1 aliphatic heterocycles. The number of carbonyl (C=O) groups excluding carboxylic acids is 2. The molecule has 1 fully saturated rings. The van der Waals surface area contributed by atoms with Gasteiger partial charge in [-0.3, -0.25) is 14.5 Å². The number of nitrogens with zero attached hydrogens (tertiary/aromatic N) is 1. The Labute approximate surface area is 125 Å². The maximum atomic E-state index is 12.4. The predicted molar refractivity (Wildman–Crippen MR) is 78.3 cm³/mol. The highest BCUT2D eigenvalue weighted by Crippen LogP contribution is 2.30. The molecule has 2 unspecified atom stereocenters. The van der Waals surface area contributed by atoms with Crippen molar-refractivity contribution in [2.45, 2.75) is 32.4 Å². The molecule has 1 aliphatic rings. The van der Waals surface area contributed by atoms with Crippen molar-refractivity contribution in [3.8, 4) is 0 Å². The number of piperazine rings is 1. The second-order valence-corrected chi connectivity index (χ2v) is 5.71. The number of halogens is 2. The lowest BCUT2D eigenvalue weighted by atomic mass is 10.1. The van der Waals surface area contributed by atoms with Crippen molar-refractivity contribution in [3.63, 3.8) is 0 Å². The van der Waals surface area contributed by atoms with Crippen molar-refractivity contribution in [2.75, 3.05) is 4.90 Å². The molecule has 1 N–H and O–H groups in total. The standard InChI is InChI=1S/C13H14BrClN2O2/c1-3-11-13(19)17(7(2)12(18)16-11)8-4-5-10(15)9(14)6-8/h4-7,11H,3H2,1-2H3,(H,16,18). The second kappa shape index (κ2) is 5.51. The molecule has 0 bridgehead atoms. The Morgan fingerprint density at radius 3 is 2.68 bits per heavy atom. The van der Waals surface area contributed by atoms with Crippen LogP contribution in [0, 0.1) is 0 Å². The van der Waals surface area contributed by atoms with Gasteiger partial charge in [-0.15, -0.1) is 0 Å². The van der Waals surface area contributed by atoms with Gasteiger partial charge in [0.1, 0.15) is 12.1 Å². The number of hydrogen-bond acceptors (Lipinski definition) is 2. The fraction of sp³-hybridized carbons (Fsp3) is 0.385. The fourth-order valence-corrected chi connectivity index (χ4v) is 2.58. The molecule has 2 amide bonds. The molecule has 0 saturated carbocycles. The monoisotopic (exact) mass is 344 g/mol. The first-order chi connectivity index (χ1) is 8.95. The Morgan fingerprint density at radius 2 is 2.11 bits per heavy atom. The van der Waals surface area contributed by atoms with Gasteiger partial charge < -0.3 is 5.32 Å². The minimum Gasteiger partial charge on any atom is -0.343 e. The third kappa shape index (κ3) is 2.62. The van der Waals surface area contributed by atoms with Crippen LogP contribution in [-0.2, 0) is 9.59 Å². The van der Waals surface area contributed by atoms with Crippen LogP contribution in [0.3, 0.4) is 0 Å². The molecule has 102 valence electrons. The first-order valence-electron chi connectivity index (χ1n) is 6.04. The van der Waals surface area contributed by atoms with Gasteiger partial charge in [0.25, 0.3) is 0 Å². The molecule has 1 aromatic rings. The van der Waals surface area contributed by atoms with Crippen LogP contribution >= 0.6 is 27.5 Å². The number of hydrogen-bond donors (Lipinski definition) is 1. The van der Waals surface area contributed by atoms with Crippen molar-refractivity contribution in [1.82, 2.24) is 5.32 Å². The normalized spacial score (nSPS) is 23.5. The predicted octanol–water partition coefficient (Wildman–Crippen LogP) is 2.73. The first-order valence-corrected chi connectivity index (χ1v) is 7.21. The van der Waals surface area contributed by atoms with Crippen molar-refractivity contribution < 1.29 is 9.59 Å². The van der Waals surface area contributed by atoms with Gasteiger partial charge in [-0.2, -0.15) is 0 Å². The van der Waals surface area contributed by atoms with Gasteiger partial charge in [0.2, 0.25) is 11.8 Å². The summed E-state index contributed by atoms with van der Waals surface area (Å²) in [6.07, 6.45) is 0.572. The number of nitrogens with one attached hydrogen (secondary N) is 1. The largest absolute Gasteiger partial charge is 0.343 e. The van der Waals surface area contributed by atoms with E-state index < -0.39 is 12.1 Å². The second-order valence-electron chi connectivity index (χ2n) is 4.45. The summed E-state index contributed by atoms with van der Waals surface area (Å²) in [5.41, 5.74) is 0.669. The zero-order chi connectivity index (χ0) is 14.2. The minimum atomic E-state index is -0.525. The Hall–Kier alpha value is -1.07. The molecule has 1 saturated heterocycles. The molecule has 0 aromatic heterocycles. The van der Waals surface area contributed by atoms with Crippen LogP contribution in [0.4, 0.5) is 5.69 Å². The van der Waals surface area contributed by atoms with Crippen molar-refractivity contribution >= 4 is 45.0 Å². The van der Waals surface area contributed by atoms with E-state index in [1.54, 1.807) is 25.1 Å². The highest BCUT2D eigenvalue weighted by atomic mass is 79.9. The summed E-state index contributed by atoms with van der Waals surface area (Å²) < 4.78 is 0.700. The Morgan fingerprint density at radius 1 is 1.42 bits per heavy atom. The van der Waals surface area contributed by atoms with E-state index in [0.29, 0.717) is 21.6 Å². The highest BCUT2D eigenvalue weighted by Gasteiger charge is 2.38.